The van der Waals surface area contributed by atoms with E-state index in [1.165, 1.54) is 6.92 Å². The van der Waals surface area contributed by atoms with Gasteiger partial charge in [-0.15, -0.1) is 14.9 Å². The standard InChI is InChI=1S/C18H16N4O4/c1-10-14-11(2)21(9-13-7-5-4-6-8-13)19-16(14)25-15(10)17-20-22(12(3)23)18(24)26-17/h4-8H,9H2,1-3H3. The zero-order valence-corrected chi connectivity index (χ0v) is 14.5. The molecule has 8 nitrogen and oxygen atoms in total. The molecular formula is C18H16N4O4. The Labute approximate surface area is 147 Å². The number of hydrogen-bond acceptors (Lipinski definition) is 6. The van der Waals surface area contributed by atoms with Crippen molar-refractivity contribution in [1.82, 2.24) is 19.6 Å². The Morgan fingerprint density at radius 3 is 2.46 bits per heavy atom. The van der Waals surface area contributed by atoms with Crippen LogP contribution < -0.4 is 5.76 Å². The number of rotatable bonds is 3. The highest BCUT2D eigenvalue weighted by Gasteiger charge is 2.24. The molecule has 0 aliphatic rings. The van der Waals surface area contributed by atoms with Crippen LogP contribution in [0.3, 0.4) is 0 Å². The number of hydrogen-bond donors (Lipinski definition) is 0. The minimum atomic E-state index is -0.841. The van der Waals surface area contributed by atoms with Crippen LogP contribution >= 0.6 is 0 Å². The van der Waals surface area contributed by atoms with Gasteiger partial charge in [0.1, 0.15) is 0 Å². The van der Waals surface area contributed by atoms with Crippen LogP contribution in [0.4, 0.5) is 0 Å². The molecule has 0 radical (unpaired) electrons. The zero-order valence-electron chi connectivity index (χ0n) is 14.5. The Bertz CT molecular complexity index is 1180. The Morgan fingerprint density at radius 2 is 1.85 bits per heavy atom. The van der Waals surface area contributed by atoms with Gasteiger partial charge in [-0.2, -0.15) is 0 Å². The van der Waals surface area contributed by atoms with Crippen LogP contribution in [-0.4, -0.2) is 25.5 Å². The van der Waals surface area contributed by atoms with E-state index in [1.807, 2.05) is 48.9 Å². The van der Waals surface area contributed by atoms with Gasteiger partial charge >= 0.3 is 5.76 Å². The van der Waals surface area contributed by atoms with Crippen molar-refractivity contribution in [3.05, 3.63) is 57.7 Å². The molecule has 3 heterocycles. The fourth-order valence-corrected chi connectivity index (χ4v) is 2.99. The van der Waals surface area contributed by atoms with Crippen molar-refractivity contribution in [3.8, 4) is 11.7 Å². The third-order valence-corrected chi connectivity index (χ3v) is 4.30. The van der Waals surface area contributed by atoms with E-state index in [1.54, 1.807) is 0 Å². The number of benzene rings is 1. The molecule has 0 amide bonds. The Hall–Kier alpha value is -3.42. The van der Waals surface area contributed by atoms with Crippen LogP contribution in [0.5, 0.6) is 0 Å². The molecule has 8 heteroatoms. The van der Waals surface area contributed by atoms with Crippen LogP contribution in [0.2, 0.25) is 0 Å². The summed E-state index contributed by atoms with van der Waals surface area (Å²) in [5.74, 6) is -1.10. The number of furan rings is 1. The SMILES string of the molecule is CC(=O)n1nc(-c2oc3nn(Cc4ccccc4)c(C)c3c2C)oc1=O. The van der Waals surface area contributed by atoms with Gasteiger partial charge in [-0.3, -0.25) is 9.48 Å². The van der Waals surface area contributed by atoms with Gasteiger partial charge in [-0.1, -0.05) is 30.3 Å². The first-order valence-corrected chi connectivity index (χ1v) is 8.07. The molecular weight excluding hydrogens is 336 g/mol. The summed E-state index contributed by atoms with van der Waals surface area (Å²) < 4.78 is 13.4. The maximum atomic E-state index is 11.7. The van der Waals surface area contributed by atoms with Gasteiger partial charge < -0.3 is 8.83 Å². The van der Waals surface area contributed by atoms with E-state index in [2.05, 4.69) is 10.2 Å². The van der Waals surface area contributed by atoms with E-state index in [4.69, 9.17) is 8.83 Å². The van der Waals surface area contributed by atoms with Crippen LogP contribution in [0.1, 0.15) is 28.5 Å². The number of aryl methyl sites for hydroxylation is 2. The molecule has 0 fully saturated rings. The summed E-state index contributed by atoms with van der Waals surface area (Å²) >= 11 is 0. The van der Waals surface area contributed by atoms with Crippen LogP contribution in [-0.2, 0) is 6.54 Å². The normalized spacial score (nSPS) is 11.3. The molecule has 26 heavy (non-hydrogen) atoms. The molecule has 0 spiro atoms. The molecule has 0 unspecified atom stereocenters. The van der Waals surface area contributed by atoms with Crippen molar-refractivity contribution >= 4 is 17.0 Å². The third-order valence-electron chi connectivity index (χ3n) is 4.30. The van der Waals surface area contributed by atoms with E-state index in [0.717, 1.165) is 22.2 Å². The Kier molecular flexibility index (Phi) is 3.61. The van der Waals surface area contributed by atoms with Gasteiger partial charge in [0.15, 0.2) is 5.76 Å². The van der Waals surface area contributed by atoms with E-state index in [9.17, 15) is 9.59 Å². The largest absolute Gasteiger partial charge is 0.444 e. The van der Waals surface area contributed by atoms with Crippen molar-refractivity contribution in [2.24, 2.45) is 0 Å². The summed E-state index contributed by atoms with van der Waals surface area (Å²) in [6.07, 6.45) is 0. The highest BCUT2D eigenvalue weighted by molar-refractivity contribution is 5.86. The fraction of sp³-hybridized carbons (Fsp3) is 0.222. The van der Waals surface area contributed by atoms with Gasteiger partial charge in [-0.25, -0.2) is 4.79 Å². The molecule has 0 N–H and O–H groups in total. The number of aromatic nitrogens is 4. The summed E-state index contributed by atoms with van der Waals surface area (Å²) in [4.78, 5) is 23.1. The lowest BCUT2D eigenvalue weighted by molar-refractivity contribution is 0.0913. The molecule has 0 saturated heterocycles. The predicted octanol–water partition coefficient (Wildman–Crippen LogP) is 2.77. The van der Waals surface area contributed by atoms with Gasteiger partial charge in [-0.05, 0) is 19.4 Å². The van der Waals surface area contributed by atoms with Gasteiger partial charge in [0.25, 0.3) is 5.89 Å². The average molecular weight is 352 g/mol. The summed E-state index contributed by atoms with van der Waals surface area (Å²) in [6.45, 7) is 5.65. The maximum absolute atomic E-state index is 11.7. The minimum absolute atomic E-state index is 0.0327. The van der Waals surface area contributed by atoms with Gasteiger partial charge in [0.05, 0.1) is 11.9 Å². The van der Waals surface area contributed by atoms with Crippen molar-refractivity contribution < 1.29 is 13.6 Å². The molecule has 4 aromatic rings. The first-order chi connectivity index (χ1) is 12.5. The fourth-order valence-electron chi connectivity index (χ4n) is 2.99. The summed E-state index contributed by atoms with van der Waals surface area (Å²) in [5.41, 5.74) is 3.26. The number of carbonyl (C=O) groups excluding carboxylic acids is 1. The zero-order chi connectivity index (χ0) is 18.4. The lowest BCUT2D eigenvalue weighted by atomic mass is 10.1. The van der Waals surface area contributed by atoms with Gasteiger partial charge in [0.2, 0.25) is 11.6 Å². The number of carbonyl (C=O) groups is 1. The maximum Gasteiger partial charge on any atom is 0.444 e. The lowest BCUT2D eigenvalue weighted by Crippen LogP contribution is -2.21. The van der Waals surface area contributed by atoms with Crippen molar-refractivity contribution in [2.45, 2.75) is 27.3 Å². The highest BCUT2D eigenvalue weighted by Crippen LogP contribution is 2.33. The molecule has 0 bridgehead atoms. The second-order valence-electron chi connectivity index (χ2n) is 6.07. The minimum Gasteiger partial charge on any atom is -0.431 e. The van der Waals surface area contributed by atoms with Gasteiger partial charge in [0, 0.05) is 18.2 Å². The Balaban J connectivity index is 1.78. The molecule has 0 aliphatic carbocycles. The van der Waals surface area contributed by atoms with E-state index in [0.29, 0.717) is 22.7 Å². The van der Waals surface area contributed by atoms with Crippen molar-refractivity contribution in [3.63, 3.8) is 0 Å². The van der Waals surface area contributed by atoms with Crippen LogP contribution in [0.25, 0.3) is 22.8 Å². The molecule has 1 aromatic carbocycles. The number of fused-ring (bicyclic) bond motifs is 1. The van der Waals surface area contributed by atoms with Crippen molar-refractivity contribution in [2.75, 3.05) is 0 Å². The summed E-state index contributed by atoms with van der Waals surface area (Å²) in [7, 11) is 0. The molecule has 0 aliphatic heterocycles. The first-order valence-electron chi connectivity index (χ1n) is 8.07. The molecule has 0 saturated carbocycles. The molecule has 0 atom stereocenters. The highest BCUT2D eigenvalue weighted by atomic mass is 16.4. The summed E-state index contributed by atoms with van der Waals surface area (Å²) in [5, 5.41) is 9.25. The Morgan fingerprint density at radius 1 is 1.12 bits per heavy atom. The second kappa shape index (κ2) is 5.83. The topological polar surface area (TPSA) is 96.1 Å². The summed E-state index contributed by atoms with van der Waals surface area (Å²) in [6, 6.07) is 9.99. The lowest BCUT2D eigenvalue weighted by Gasteiger charge is -2.04. The van der Waals surface area contributed by atoms with E-state index >= 15 is 0 Å². The smallest absolute Gasteiger partial charge is 0.431 e. The third kappa shape index (κ3) is 2.46. The first kappa shape index (κ1) is 16.1. The number of nitrogens with zero attached hydrogens (tertiary/aromatic N) is 4. The predicted molar refractivity (Wildman–Crippen MR) is 93.1 cm³/mol. The average Bonchev–Trinajstić information content (AvgIpc) is 3.24. The molecule has 4 rings (SSSR count). The van der Waals surface area contributed by atoms with Crippen molar-refractivity contribution in [1.29, 1.82) is 0 Å². The van der Waals surface area contributed by atoms with E-state index < -0.39 is 11.7 Å². The van der Waals surface area contributed by atoms with Crippen LogP contribution in [0, 0.1) is 13.8 Å². The second-order valence-corrected chi connectivity index (χ2v) is 6.07. The van der Waals surface area contributed by atoms with E-state index in [-0.39, 0.29) is 5.89 Å². The monoisotopic (exact) mass is 352 g/mol. The van der Waals surface area contributed by atoms with Crippen LogP contribution in [0.15, 0.2) is 44.0 Å². The molecule has 132 valence electrons. The molecule has 3 aromatic heterocycles. The quantitative estimate of drug-likeness (QED) is 0.562.